The number of aromatic carboxylic acids is 1. The summed E-state index contributed by atoms with van der Waals surface area (Å²) in [4.78, 5) is 16.3. The number of nitrogens with zero attached hydrogens (tertiary/aromatic N) is 1. The lowest BCUT2D eigenvalue weighted by Gasteiger charge is -1.99. The smallest absolute Gasteiger partial charge is 0.345 e. The van der Waals surface area contributed by atoms with Crippen molar-refractivity contribution in [3.63, 3.8) is 0 Å². The first-order valence-electron chi connectivity index (χ1n) is 4.83. The topological polar surface area (TPSA) is 50.2 Å². The van der Waals surface area contributed by atoms with Crippen LogP contribution in [0.2, 0.25) is 0 Å². The Hall–Kier alpha value is -1.68. The molecule has 1 N–H and O–H groups in total. The average Bonchev–Trinajstić information content (AvgIpc) is 2.60. The summed E-state index contributed by atoms with van der Waals surface area (Å²) in [6.07, 6.45) is 3.54. The molecule has 2 aromatic heterocycles. The maximum Gasteiger partial charge on any atom is 0.345 e. The predicted molar refractivity (Wildman–Crippen MR) is 64.0 cm³/mol. The third kappa shape index (κ3) is 1.97. The molecule has 0 aliphatic carbocycles. The normalized spacial score (nSPS) is 10.4. The molecule has 0 radical (unpaired) electrons. The molecule has 0 atom stereocenters. The second kappa shape index (κ2) is 4.06. The molecule has 0 unspecified atom stereocenters. The van der Waals surface area contributed by atoms with Crippen molar-refractivity contribution in [2.24, 2.45) is 0 Å². The van der Waals surface area contributed by atoms with Gasteiger partial charge in [0.05, 0.1) is 0 Å². The number of aromatic nitrogens is 1. The molecular weight excluding hydrogens is 222 g/mol. The molecule has 82 valence electrons. The molecule has 3 nitrogen and oxygen atoms in total. The standard InChI is InChI=1S/C12H11NO2S/c1-7-3-9(6-13-5-7)11-8(2)4-10(16-11)12(14)15/h3-6H,1-2H3,(H,14,15). The van der Waals surface area contributed by atoms with Gasteiger partial charge in [0.25, 0.3) is 0 Å². The van der Waals surface area contributed by atoms with Crippen molar-refractivity contribution >= 4 is 17.3 Å². The number of rotatable bonds is 2. The van der Waals surface area contributed by atoms with Gasteiger partial charge in [-0.1, -0.05) is 0 Å². The number of carboxylic acid groups (broad SMARTS) is 1. The van der Waals surface area contributed by atoms with Crippen LogP contribution >= 0.6 is 11.3 Å². The van der Waals surface area contributed by atoms with Gasteiger partial charge in [0, 0.05) is 22.8 Å². The monoisotopic (exact) mass is 233 g/mol. The molecule has 0 saturated carbocycles. The van der Waals surface area contributed by atoms with E-state index in [-0.39, 0.29) is 0 Å². The van der Waals surface area contributed by atoms with E-state index in [1.807, 2.05) is 19.9 Å². The van der Waals surface area contributed by atoms with E-state index in [0.29, 0.717) is 4.88 Å². The minimum absolute atomic E-state index is 0.369. The molecule has 2 heterocycles. The molecule has 0 bridgehead atoms. The molecule has 0 aliphatic rings. The summed E-state index contributed by atoms with van der Waals surface area (Å²) >= 11 is 1.29. The van der Waals surface area contributed by atoms with E-state index in [1.54, 1.807) is 18.5 Å². The zero-order valence-electron chi connectivity index (χ0n) is 9.02. The van der Waals surface area contributed by atoms with Gasteiger partial charge < -0.3 is 5.11 Å². The molecule has 16 heavy (non-hydrogen) atoms. The van der Waals surface area contributed by atoms with Gasteiger partial charge in [0.1, 0.15) is 4.88 Å². The van der Waals surface area contributed by atoms with Crippen molar-refractivity contribution in [2.75, 3.05) is 0 Å². The summed E-state index contributed by atoms with van der Waals surface area (Å²) in [7, 11) is 0. The van der Waals surface area contributed by atoms with Gasteiger partial charge in [0.15, 0.2) is 0 Å². The van der Waals surface area contributed by atoms with Crippen LogP contribution in [0.1, 0.15) is 20.8 Å². The Bertz CT molecular complexity index is 546. The summed E-state index contributed by atoms with van der Waals surface area (Å²) in [5.74, 6) is -0.875. The van der Waals surface area contributed by atoms with Crippen LogP contribution in [0.25, 0.3) is 10.4 Å². The van der Waals surface area contributed by atoms with Crippen LogP contribution in [0.5, 0.6) is 0 Å². The van der Waals surface area contributed by atoms with E-state index < -0.39 is 5.97 Å². The van der Waals surface area contributed by atoms with Gasteiger partial charge in [-0.2, -0.15) is 0 Å². The number of carboxylic acids is 1. The first kappa shape index (κ1) is 10.8. The Kier molecular flexibility index (Phi) is 2.75. The number of hydrogen-bond acceptors (Lipinski definition) is 3. The molecule has 0 spiro atoms. The Balaban J connectivity index is 2.52. The highest BCUT2D eigenvalue weighted by molar-refractivity contribution is 7.17. The third-order valence-electron chi connectivity index (χ3n) is 2.27. The Labute approximate surface area is 97.4 Å². The lowest BCUT2D eigenvalue weighted by atomic mass is 10.1. The van der Waals surface area contributed by atoms with Crippen LogP contribution < -0.4 is 0 Å². The van der Waals surface area contributed by atoms with Gasteiger partial charge >= 0.3 is 5.97 Å². The van der Waals surface area contributed by atoms with Crippen LogP contribution in [0.15, 0.2) is 24.5 Å². The molecule has 0 aromatic carbocycles. The Morgan fingerprint density at radius 2 is 2.06 bits per heavy atom. The maximum absolute atomic E-state index is 10.9. The van der Waals surface area contributed by atoms with Crippen molar-refractivity contribution < 1.29 is 9.90 Å². The lowest BCUT2D eigenvalue weighted by molar-refractivity contribution is 0.0702. The van der Waals surface area contributed by atoms with Crippen molar-refractivity contribution in [2.45, 2.75) is 13.8 Å². The molecule has 2 rings (SSSR count). The minimum atomic E-state index is -0.875. The zero-order chi connectivity index (χ0) is 11.7. The van der Waals surface area contributed by atoms with E-state index in [1.165, 1.54) is 11.3 Å². The van der Waals surface area contributed by atoms with Crippen molar-refractivity contribution in [1.29, 1.82) is 0 Å². The fourth-order valence-electron chi connectivity index (χ4n) is 1.55. The predicted octanol–water partition coefficient (Wildman–Crippen LogP) is 3.13. The number of carbonyl (C=O) groups is 1. The van der Waals surface area contributed by atoms with E-state index in [9.17, 15) is 4.79 Å². The summed E-state index contributed by atoms with van der Waals surface area (Å²) in [5, 5.41) is 8.92. The van der Waals surface area contributed by atoms with Gasteiger partial charge in [-0.15, -0.1) is 11.3 Å². The molecule has 0 fully saturated rings. The van der Waals surface area contributed by atoms with Crippen LogP contribution in [0.3, 0.4) is 0 Å². The fraction of sp³-hybridized carbons (Fsp3) is 0.167. The maximum atomic E-state index is 10.9. The number of pyridine rings is 1. The fourth-order valence-corrected chi connectivity index (χ4v) is 2.55. The zero-order valence-corrected chi connectivity index (χ0v) is 9.84. The summed E-state index contributed by atoms with van der Waals surface area (Å²) in [5.41, 5.74) is 3.03. The highest BCUT2D eigenvalue weighted by Crippen LogP contribution is 2.32. The SMILES string of the molecule is Cc1cncc(-c2sc(C(=O)O)cc2C)c1. The molecule has 2 aromatic rings. The molecule has 4 heteroatoms. The van der Waals surface area contributed by atoms with Crippen LogP contribution in [-0.2, 0) is 0 Å². The highest BCUT2D eigenvalue weighted by atomic mass is 32.1. The van der Waals surface area contributed by atoms with Crippen molar-refractivity contribution in [1.82, 2.24) is 4.98 Å². The third-order valence-corrected chi connectivity index (χ3v) is 3.54. The first-order chi connectivity index (χ1) is 7.58. The molecule has 0 amide bonds. The lowest BCUT2D eigenvalue weighted by Crippen LogP contribution is -1.89. The van der Waals surface area contributed by atoms with E-state index in [0.717, 1.165) is 21.6 Å². The molecule has 0 saturated heterocycles. The summed E-state index contributed by atoms with van der Waals surface area (Å²) in [6.45, 7) is 3.89. The van der Waals surface area contributed by atoms with E-state index in [2.05, 4.69) is 4.98 Å². The minimum Gasteiger partial charge on any atom is -0.477 e. The van der Waals surface area contributed by atoms with E-state index in [4.69, 9.17) is 5.11 Å². The Morgan fingerprint density at radius 1 is 1.31 bits per heavy atom. The van der Waals surface area contributed by atoms with Gasteiger partial charge in [-0.05, 0) is 37.1 Å². The second-order valence-corrected chi connectivity index (χ2v) is 4.73. The van der Waals surface area contributed by atoms with Crippen LogP contribution in [0, 0.1) is 13.8 Å². The summed E-state index contributed by atoms with van der Waals surface area (Å²) in [6, 6.07) is 3.71. The largest absolute Gasteiger partial charge is 0.477 e. The number of thiophene rings is 1. The van der Waals surface area contributed by atoms with Gasteiger partial charge in [-0.3, -0.25) is 4.98 Å². The van der Waals surface area contributed by atoms with Crippen molar-refractivity contribution in [3.8, 4) is 10.4 Å². The van der Waals surface area contributed by atoms with Crippen molar-refractivity contribution in [3.05, 3.63) is 40.5 Å². The van der Waals surface area contributed by atoms with Gasteiger partial charge in [0.2, 0.25) is 0 Å². The number of aryl methyl sites for hydroxylation is 2. The van der Waals surface area contributed by atoms with Crippen LogP contribution in [-0.4, -0.2) is 16.1 Å². The molecule has 0 aliphatic heterocycles. The molecular formula is C12H11NO2S. The van der Waals surface area contributed by atoms with Crippen LogP contribution in [0.4, 0.5) is 0 Å². The quantitative estimate of drug-likeness (QED) is 0.867. The Morgan fingerprint density at radius 3 is 2.62 bits per heavy atom. The highest BCUT2D eigenvalue weighted by Gasteiger charge is 2.12. The average molecular weight is 233 g/mol. The van der Waals surface area contributed by atoms with Gasteiger partial charge in [-0.25, -0.2) is 4.79 Å². The number of hydrogen-bond donors (Lipinski definition) is 1. The van der Waals surface area contributed by atoms with E-state index >= 15 is 0 Å². The second-order valence-electron chi connectivity index (χ2n) is 3.68. The first-order valence-corrected chi connectivity index (χ1v) is 5.65. The summed E-state index contributed by atoms with van der Waals surface area (Å²) < 4.78 is 0.